The average molecular weight is 257 g/mol. The van der Waals surface area contributed by atoms with Gasteiger partial charge in [0.25, 0.3) is 10.1 Å². The summed E-state index contributed by atoms with van der Waals surface area (Å²) >= 11 is 0. The Morgan fingerprint density at radius 1 is 1.20 bits per heavy atom. The number of nitrogens with zero attached hydrogens (tertiary/aromatic N) is 1. The first kappa shape index (κ1) is 12.9. The van der Waals surface area contributed by atoms with Gasteiger partial charge in [-0.1, -0.05) is 0 Å². The Morgan fingerprint density at radius 3 is 1.93 bits per heavy atom. The highest BCUT2D eigenvalue weighted by atomic mass is 32.2. The van der Waals surface area contributed by atoms with E-state index in [9.17, 15) is 16.8 Å². The molecular formula is C7H15NO5S2. The molecule has 1 aliphatic rings. The number of sulfonamides is 1. The predicted octanol–water partition coefficient (Wildman–Crippen LogP) is -0.266. The van der Waals surface area contributed by atoms with E-state index in [0.717, 1.165) is 4.31 Å². The van der Waals surface area contributed by atoms with Gasteiger partial charge in [-0.15, -0.1) is 0 Å². The van der Waals surface area contributed by atoms with E-state index < -0.39 is 25.1 Å². The molecule has 0 atom stereocenters. The number of rotatable bonds is 5. The Morgan fingerprint density at radius 2 is 1.67 bits per heavy atom. The molecular weight excluding hydrogens is 242 g/mol. The van der Waals surface area contributed by atoms with E-state index >= 15 is 0 Å². The van der Waals surface area contributed by atoms with Crippen LogP contribution in [0.3, 0.4) is 0 Å². The maximum Gasteiger partial charge on any atom is 0.268 e. The van der Waals surface area contributed by atoms with Gasteiger partial charge in [0.2, 0.25) is 15.0 Å². The summed E-state index contributed by atoms with van der Waals surface area (Å²) in [5, 5.41) is 0. The van der Waals surface area contributed by atoms with E-state index in [-0.39, 0.29) is 18.6 Å². The zero-order chi connectivity index (χ0) is 11.9. The molecule has 1 rings (SSSR count). The van der Waals surface area contributed by atoms with Crippen LogP contribution in [0.15, 0.2) is 0 Å². The lowest BCUT2D eigenvalue weighted by molar-refractivity contribution is 0.253. The van der Waals surface area contributed by atoms with Gasteiger partial charge in [0, 0.05) is 14.1 Å². The Labute approximate surface area is 90.4 Å². The summed E-state index contributed by atoms with van der Waals surface area (Å²) in [6.07, 6.45) is 0.458. The van der Waals surface area contributed by atoms with Gasteiger partial charge < -0.3 is 0 Å². The third-order valence-electron chi connectivity index (χ3n) is 2.24. The average Bonchev–Trinajstić information content (AvgIpc) is 2.85. The van der Waals surface area contributed by atoms with Gasteiger partial charge in [0.15, 0.2) is 0 Å². The van der Waals surface area contributed by atoms with Crippen LogP contribution >= 0.6 is 0 Å². The van der Waals surface area contributed by atoms with Crippen molar-refractivity contribution in [1.29, 1.82) is 0 Å². The fourth-order valence-electron chi connectivity index (χ4n) is 1.11. The molecule has 0 unspecified atom stereocenters. The van der Waals surface area contributed by atoms with E-state index in [4.69, 9.17) is 4.18 Å². The van der Waals surface area contributed by atoms with Crippen LogP contribution in [0.1, 0.15) is 19.8 Å². The maximum absolute atomic E-state index is 11.7. The minimum atomic E-state index is -3.74. The van der Waals surface area contributed by atoms with Crippen molar-refractivity contribution in [2.75, 3.05) is 19.8 Å². The standard InChI is InChI=1S/C7H15NO5S2/c1-4-14(9,10)13-7(5-6-7)15(11,12)8(2)3/h4-6H2,1-3H3. The minimum absolute atomic E-state index is 0.225. The molecule has 1 fully saturated rings. The Bertz CT molecular complexity index is 432. The van der Waals surface area contributed by atoms with Gasteiger partial charge in [-0.3, -0.25) is 0 Å². The zero-order valence-electron chi connectivity index (χ0n) is 8.93. The van der Waals surface area contributed by atoms with Crippen LogP contribution in [-0.4, -0.2) is 45.9 Å². The van der Waals surface area contributed by atoms with Crippen molar-refractivity contribution < 1.29 is 21.0 Å². The van der Waals surface area contributed by atoms with Crippen molar-refractivity contribution in [2.45, 2.75) is 24.7 Å². The Balaban J connectivity index is 2.97. The SMILES string of the molecule is CCS(=O)(=O)OC1(S(=O)(=O)N(C)C)CC1. The second-order valence-electron chi connectivity index (χ2n) is 3.63. The second kappa shape index (κ2) is 3.69. The summed E-state index contributed by atoms with van der Waals surface area (Å²) < 4.78 is 51.7. The third kappa shape index (κ3) is 2.32. The van der Waals surface area contributed by atoms with Crippen LogP contribution in [0, 0.1) is 0 Å². The third-order valence-corrected chi connectivity index (χ3v) is 6.02. The number of hydrogen-bond acceptors (Lipinski definition) is 5. The smallest absolute Gasteiger partial charge is 0.246 e. The molecule has 0 aromatic carbocycles. The van der Waals surface area contributed by atoms with Crippen LogP contribution in [0.5, 0.6) is 0 Å². The predicted molar refractivity (Wildman–Crippen MR) is 55.1 cm³/mol. The summed E-state index contributed by atoms with van der Waals surface area (Å²) in [5.41, 5.74) is 0. The summed E-state index contributed by atoms with van der Waals surface area (Å²) in [5.74, 6) is -0.225. The highest BCUT2D eigenvalue weighted by Crippen LogP contribution is 2.46. The largest absolute Gasteiger partial charge is 0.268 e. The van der Waals surface area contributed by atoms with Gasteiger partial charge in [-0.25, -0.2) is 16.9 Å². The van der Waals surface area contributed by atoms with E-state index in [1.54, 1.807) is 0 Å². The van der Waals surface area contributed by atoms with Gasteiger partial charge in [0.1, 0.15) is 0 Å². The van der Waals surface area contributed by atoms with Crippen molar-refractivity contribution in [3.05, 3.63) is 0 Å². The summed E-state index contributed by atoms with van der Waals surface area (Å²) in [7, 11) is -4.70. The van der Waals surface area contributed by atoms with Crippen LogP contribution in [0.25, 0.3) is 0 Å². The van der Waals surface area contributed by atoms with Gasteiger partial charge in [-0.05, 0) is 19.8 Å². The molecule has 15 heavy (non-hydrogen) atoms. The topological polar surface area (TPSA) is 80.8 Å². The first-order chi connectivity index (χ1) is 6.67. The zero-order valence-corrected chi connectivity index (χ0v) is 10.6. The molecule has 8 heteroatoms. The molecule has 90 valence electrons. The molecule has 0 spiro atoms. The quantitative estimate of drug-likeness (QED) is 0.634. The van der Waals surface area contributed by atoms with Crippen LogP contribution < -0.4 is 0 Å². The minimum Gasteiger partial charge on any atom is -0.246 e. The van der Waals surface area contributed by atoms with E-state index in [1.165, 1.54) is 21.0 Å². The first-order valence-corrected chi connectivity index (χ1v) is 7.54. The second-order valence-corrected chi connectivity index (χ2v) is 7.91. The van der Waals surface area contributed by atoms with Crippen LogP contribution in [-0.2, 0) is 24.3 Å². The van der Waals surface area contributed by atoms with Crippen molar-refractivity contribution >= 4 is 20.1 Å². The normalized spacial score (nSPS) is 20.5. The molecule has 0 aliphatic heterocycles. The first-order valence-electron chi connectivity index (χ1n) is 4.52. The van der Waals surface area contributed by atoms with E-state index in [2.05, 4.69) is 0 Å². The molecule has 0 aromatic heterocycles. The molecule has 0 N–H and O–H groups in total. The van der Waals surface area contributed by atoms with Crippen molar-refractivity contribution in [3.63, 3.8) is 0 Å². The summed E-state index contributed by atoms with van der Waals surface area (Å²) in [6, 6.07) is 0. The van der Waals surface area contributed by atoms with Crippen LogP contribution in [0.4, 0.5) is 0 Å². The van der Waals surface area contributed by atoms with Gasteiger partial charge in [0.05, 0.1) is 5.75 Å². The molecule has 1 aliphatic carbocycles. The number of hydrogen-bond donors (Lipinski definition) is 0. The molecule has 0 heterocycles. The van der Waals surface area contributed by atoms with E-state index in [1.807, 2.05) is 0 Å². The highest BCUT2D eigenvalue weighted by molar-refractivity contribution is 7.92. The lowest BCUT2D eigenvalue weighted by atomic mass is 10.8. The highest BCUT2D eigenvalue weighted by Gasteiger charge is 2.59. The molecule has 0 radical (unpaired) electrons. The Hall–Kier alpha value is -0.180. The summed E-state index contributed by atoms with van der Waals surface area (Å²) in [4.78, 5) is -1.54. The van der Waals surface area contributed by atoms with Crippen molar-refractivity contribution in [3.8, 4) is 0 Å². The Kier molecular flexibility index (Phi) is 3.17. The van der Waals surface area contributed by atoms with Crippen LogP contribution in [0.2, 0.25) is 0 Å². The van der Waals surface area contributed by atoms with E-state index in [0.29, 0.717) is 0 Å². The monoisotopic (exact) mass is 257 g/mol. The van der Waals surface area contributed by atoms with Crippen molar-refractivity contribution in [2.24, 2.45) is 0 Å². The molecule has 0 saturated heterocycles. The lowest BCUT2D eigenvalue weighted by Crippen LogP contribution is -2.38. The van der Waals surface area contributed by atoms with Crippen molar-refractivity contribution in [1.82, 2.24) is 4.31 Å². The molecule has 0 bridgehead atoms. The molecule has 0 aromatic rings. The lowest BCUT2D eigenvalue weighted by Gasteiger charge is -2.20. The maximum atomic E-state index is 11.7. The molecule has 0 amide bonds. The summed E-state index contributed by atoms with van der Waals surface area (Å²) in [6.45, 7) is 1.41. The fourth-order valence-corrected chi connectivity index (χ4v) is 3.80. The van der Waals surface area contributed by atoms with Gasteiger partial charge >= 0.3 is 0 Å². The fraction of sp³-hybridized carbons (Fsp3) is 1.00. The molecule has 1 saturated carbocycles. The van der Waals surface area contributed by atoms with Gasteiger partial charge in [-0.2, -0.15) is 8.42 Å². The molecule has 6 nitrogen and oxygen atoms in total.